The molecule has 0 atom stereocenters. The summed E-state index contributed by atoms with van der Waals surface area (Å²) in [6, 6.07) is 14.2. The van der Waals surface area contributed by atoms with Crippen molar-refractivity contribution >= 4 is 34.0 Å². The third kappa shape index (κ3) is 4.28. The average Bonchev–Trinajstić information content (AvgIpc) is 2.86. The molecule has 0 amide bonds. The second-order valence-electron chi connectivity index (χ2n) is 7.08. The molecule has 1 N–H and O–H groups in total. The molecule has 0 fully saturated rings. The Balaban J connectivity index is 1.64. The van der Waals surface area contributed by atoms with Crippen molar-refractivity contribution in [3.05, 3.63) is 84.2 Å². The molecule has 0 radical (unpaired) electrons. The first kappa shape index (κ1) is 20.7. The summed E-state index contributed by atoms with van der Waals surface area (Å²) in [5.74, 6) is 0.561. The van der Waals surface area contributed by atoms with E-state index in [0.717, 1.165) is 22.1 Å². The van der Waals surface area contributed by atoms with Gasteiger partial charge >= 0.3 is 6.01 Å². The number of nitrogens with zero attached hydrogens (tertiary/aromatic N) is 5. The number of pyridine rings is 1. The Labute approximate surface area is 193 Å². The van der Waals surface area contributed by atoms with Crippen molar-refractivity contribution in [1.82, 2.24) is 24.9 Å². The van der Waals surface area contributed by atoms with Crippen molar-refractivity contribution in [1.29, 1.82) is 0 Å². The highest BCUT2D eigenvalue weighted by Crippen LogP contribution is 2.31. The molecule has 0 spiro atoms. The lowest BCUT2D eigenvalue weighted by Gasteiger charge is -2.12. The summed E-state index contributed by atoms with van der Waals surface area (Å²) in [6.07, 6.45) is 6.76. The predicted octanol–water partition coefficient (Wildman–Crippen LogP) is 5.69. The molecule has 3 heterocycles. The number of fused-ring (bicyclic) bond motifs is 1. The third-order valence-corrected chi connectivity index (χ3v) is 5.23. The largest absolute Gasteiger partial charge is 0.467 e. The maximum Gasteiger partial charge on any atom is 0.316 e. The van der Waals surface area contributed by atoms with Crippen molar-refractivity contribution in [2.45, 2.75) is 0 Å². The number of halogens is 2. The van der Waals surface area contributed by atoms with Gasteiger partial charge in [0.2, 0.25) is 0 Å². The summed E-state index contributed by atoms with van der Waals surface area (Å²) in [6.45, 7) is 0. The number of anilines is 2. The molecule has 0 aliphatic heterocycles. The SMILES string of the molecule is COc1ncc(-c2ccc3c(Nc4ccc(F)c(Cl)c4)nc(-c4cccnc4)nc3c2)cn1. The minimum absolute atomic E-state index is 0.0210. The topological polar surface area (TPSA) is 85.7 Å². The first-order chi connectivity index (χ1) is 16.1. The normalized spacial score (nSPS) is 10.9. The summed E-state index contributed by atoms with van der Waals surface area (Å²) < 4.78 is 18.7. The number of hydrogen-bond acceptors (Lipinski definition) is 7. The molecule has 0 unspecified atom stereocenters. The average molecular weight is 459 g/mol. The van der Waals surface area contributed by atoms with Crippen molar-refractivity contribution < 1.29 is 9.13 Å². The smallest absolute Gasteiger partial charge is 0.316 e. The van der Waals surface area contributed by atoms with Crippen molar-refractivity contribution in [3.8, 4) is 28.5 Å². The van der Waals surface area contributed by atoms with Gasteiger partial charge in [-0.25, -0.2) is 24.3 Å². The van der Waals surface area contributed by atoms with E-state index in [1.165, 1.54) is 19.2 Å². The van der Waals surface area contributed by atoms with E-state index >= 15 is 0 Å². The Morgan fingerprint density at radius 2 is 1.76 bits per heavy atom. The fourth-order valence-electron chi connectivity index (χ4n) is 3.31. The highest BCUT2D eigenvalue weighted by Gasteiger charge is 2.13. The van der Waals surface area contributed by atoms with Crippen molar-refractivity contribution in [3.63, 3.8) is 0 Å². The van der Waals surface area contributed by atoms with E-state index in [9.17, 15) is 4.39 Å². The van der Waals surface area contributed by atoms with Gasteiger partial charge in [-0.15, -0.1) is 0 Å². The van der Waals surface area contributed by atoms with Crippen molar-refractivity contribution in [2.24, 2.45) is 0 Å². The van der Waals surface area contributed by atoms with E-state index in [1.807, 2.05) is 30.3 Å². The maximum absolute atomic E-state index is 13.6. The monoisotopic (exact) mass is 458 g/mol. The van der Waals surface area contributed by atoms with E-state index < -0.39 is 5.82 Å². The summed E-state index contributed by atoms with van der Waals surface area (Å²) in [5, 5.41) is 4.04. The lowest BCUT2D eigenvalue weighted by Crippen LogP contribution is -2.00. The molecule has 162 valence electrons. The minimum atomic E-state index is -0.489. The Kier molecular flexibility index (Phi) is 5.50. The van der Waals surface area contributed by atoms with Gasteiger partial charge < -0.3 is 10.1 Å². The highest BCUT2D eigenvalue weighted by atomic mass is 35.5. The lowest BCUT2D eigenvalue weighted by atomic mass is 10.1. The zero-order valence-electron chi connectivity index (χ0n) is 17.3. The van der Waals surface area contributed by atoms with Crippen LogP contribution in [0.4, 0.5) is 15.9 Å². The highest BCUT2D eigenvalue weighted by molar-refractivity contribution is 6.31. The molecule has 0 saturated carbocycles. The van der Waals surface area contributed by atoms with Gasteiger partial charge in [-0.2, -0.15) is 0 Å². The van der Waals surface area contributed by atoms with Gasteiger partial charge in [0.15, 0.2) is 5.82 Å². The molecule has 0 saturated heterocycles. The van der Waals surface area contributed by atoms with E-state index in [1.54, 1.807) is 30.9 Å². The van der Waals surface area contributed by atoms with Gasteiger partial charge in [0.05, 0.1) is 17.6 Å². The molecule has 3 aromatic heterocycles. The van der Waals surface area contributed by atoms with Crippen LogP contribution in [0, 0.1) is 5.82 Å². The second kappa shape index (κ2) is 8.76. The van der Waals surface area contributed by atoms with Crippen LogP contribution in [0.25, 0.3) is 33.4 Å². The van der Waals surface area contributed by atoms with Crippen LogP contribution in [-0.4, -0.2) is 32.0 Å². The number of benzene rings is 2. The Morgan fingerprint density at radius 1 is 0.909 bits per heavy atom. The Morgan fingerprint density at radius 3 is 2.48 bits per heavy atom. The standard InChI is InChI=1S/C24H16ClFN6O/c1-33-24-28-12-16(13-29-24)14-4-6-18-21(9-14)31-22(15-3-2-8-27-11-15)32-23(18)30-17-5-7-20(26)19(25)10-17/h2-13H,1H3,(H,30,31,32). The number of rotatable bonds is 5. The quantitative estimate of drug-likeness (QED) is 0.362. The van der Waals surface area contributed by atoms with Crippen LogP contribution in [0.3, 0.4) is 0 Å². The summed E-state index contributed by atoms with van der Waals surface area (Å²) >= 11 is 5.96. The van der Waals surface area contributed by atoms with Gasteiger partial charge in [0.1, 0.15) is 11.6 Å². The predicted molar refractivity (Wildman–Crippen MR) is 125 cm³/mol. The van der Waals surface area contributed by atoms with Gasteiger partial charge in [-0.3, -0.25) is 4.98 Å². The van der Waals surface area contributed by atoms with Crippen LogP contribution in [0.5, 0.6) is 6.01 Å². The van der Waals surface area contributed by atoms with Crippen LogP contribution in [0.2, 0.25) is 5.02 Å². The Bertz CT molecular complexity index is 1450. The first-order valence-corrected chi connectivity index (χ1v) is 10.3. The van der Waals surface area contributed by atoms with Gasteiger partial charge in [0, 0.05) is 47.0 Å². The summed E-state index contributed by atoms with van der Waals surface area (Å²) in [7, 11) is 1.52. The van der Waals surface area contributed by atoms with Crippen LogP contribution < -0.4 is 10.1 Å². The van der Waals surface area contributed by atoms with Crippen LogP contribution in [0.15, 0.2) is 73.3 Å². The molecule has 5 aromatic rings. The number of nitrogens with one attached hydrogen (secondary N) is 1. The molecule has 7 nitrogen and oxygen atoms in total. The van der Waals surface area contributed by atoms with Crippen LogP contribution in [0.1, 0.15) is 0 Å². The fourth-order valence-corrected chi connectivity index (χ4v) is 3.49. The fraction of sp³-hybridized carbons (Fsp3) is 0.0417. The molecule has 0 bridgehead atoms. The Hall–Kier alpha value is -4.17. The second-order valence-corrected chi connectivity index (χ2v) is 7.49. The molecular formula is C24H16ClFN6O. The molecular weight excluding hydrogens is 443 g/mol. The molecule has 0 aliphatic rings. The maximum atomic E-state index is 13.6. The zero-order chi connectivity index (χ0) is 22.8. The molecule has 9 heteroatoms. The number of aromatic nitrogens is 5. The number of ether oxygens (including phenoxy) is 1. The van der Waals surface area contributed by atoms with Crippen LogP contribution >= 0.6 is 11.6 Å². The van der Waals surface area contributed by atoms with Gasteiger partial charge in [-0.05, 0) is 48.0 Å². The minimum Gasteiger partial charge on any atom is -0.467 e. The molecule has 33 heavy (non-hydrogen) atoms. The molecule has 2 aromatic carbocycles. The number of hydrogen-bond donors (Lipinski definition) is 1. The molecule has 5 rings (SSSR count). The zero-order valence-corrected chi connectivity index (χ0v) is 18.1. The summed E-state index contributed by atoms with van der Waals surface area (Å²) in [4.78, 5) is 22.0. The lowest BCUT2D eigenvalue weighted by molar-refractivity contribution is 0.380. The van der Waals surface area contributed by atoms with E-state index in [0.29, 0.717) is 28.9 Å². The third-order valence-electron chi connectivity index (χ3n) is 4.94. The van der Waals surface area contributed by atoms with E-state index in [4.69, 9.17) is 26.3 Å². The van der Waals surface area contributed by atoms with E-state index in [2.05, 4.69) is 20.3 Å². The van der Waals surface area contributed by atoms with E-state index in [-0.39, 0.29) is 5.02 Å². The van der Waals surface area contributed by atoms with Gasteiger partial charge in [0.25, 0.3) is 0 Å². The summed E-state index contributed by atoms with van der Waals surface area (Å²) in [5.41, 5.74) is 3.77. The molecule has 0 aliphatic carbocycles. The van der Waals surface area contributed by atoms with Gasteiger partial charge in [-0.1, -0.05) is 17.7 Å². The first-order valence-electron chi connectivity index (χ1n) is 9.91. The number of methoxy groups -OCH3 is 1. The van der Waals surface area contributed by atoms with Crippen molar-refractivity contribution in [2.75, 3.05) is 12.4 Å². The van der Waals surface area contributed by atoms with Crippen LogP contribution in [-0.2, 0) is 0 Å².